The van der Waals surface area contributed by atoms with Crippen LogP contribution in [0.2, 0.25) is 0 Å². The lowest BCUT2D eigenvalue weighted by molar-refractivity contribution is 0.0485. The Hall–Kier alpha value is -0.440. The second kappa shape index (κ2) is 5.35. The van der Waals surface area contributed by atoms with Crippen molar-refractivity contribution in [3.05, 3.63) is 0 Å². The van der Waals surface area contributed by atoms with Gasteiger partial charge < -0.3 is 9.47 Å². The summed E-state index contributed by atoms with van der Waals surface area (Å²) in [6.07, 6.45) is -0.121. The van der Waals surface area contributed by atoms with Gasteiger partial charge in [-0.1, -0.05) is 18.5 Å². The zero-order valence-corrected chi connectivity index (χ0v) is 6.85. The highest BCUT2D eigenvalue weighted by Gasteiger charge is 2.08. The molecule has 0 aliphatic carbocycles. The second-order valence-corrected chi connectivity index (χ2v) is 2.11. The molecule has 0 aromatic rings. The third-order valence-electron chi connectivity index (χ3n) is 0.807. The van der Waals surface area contributed by atoms with E-state index in [1.807, 2.05) is 6.92 Å². The molecular formula is C6H11ClO3. The number of hydrogen-bond acceptors (Lipinski definition) is 3. The van der Waals surface area contributed by atoms with Crippen LogP contribution in [0.3, 0.4) is 0 Å². The summed E-state index contributed by atoms with van der Waals surface area (Å²) in [5, 5.41) is 0. The molecule has 1 atom stereocenters. The zero-order valence-electron chi connectivity index (χ0n) is 6.09. The maximum absolute atomic E-state index is 10.5. The molecular weight excluding hydrogens is 156 g/mol. The van der Waals surface area contributed by atoms with Crippen molar-refractivity contribution in [3.63, 3.8) is 0 Å². The average molecular weight is 167 g/mol. The van der Waals surface area contributed by atoms with Crippen LogP contribution in [0.4, 0.5) is 4.79 Å². The van der Waals surface area contributed by atoms with E-state index in [1.165, 1.54) is 0 Å². The first-order chi connectivity index (χ1) is 4.70. The van der Waals surface area contributed by atoms with Crippen LogP contribution in [0.25, 0.3) is 0 Å². The lowest BCUT2D eigenvalue weighted by Gasteiger charge is -2.07. The SMILES string of the molecule is CCOC(=O)OC(Cl)CC. The van der Waals surface area contributed by atoms with Crippen LogP contribution < -0.4 is 0 Å². The fourth-order valence-corrected chi connectivity index (χ4v) is 0.412. The lowest BCUT2D eigenvalue weighted by atomic mass is 10.5. The number of alkyl halides is 1. The molecule has 0 spiro atoms. The summed E-state index contributed by atoms with van der Waals surface area (Å²) >= 11 is 5.47. The third kappa shape index (κ3) is 4.44. The number of ether oxygens (including phenoxy) is 2. The Balaban J connectivity index is 3.37. The van der Waals surface area contributed by atoms with Crippen LogP contribution in [0.5, 0.6) is 0 Å². The minimum Gasteiger partial charge on any atom is -0.435 e. The number of hydrogen-bond donors (Lipinski definition) is 0. The lowest BCUT2D eigenvalue weighted by Crippen LogP contribution is -2.12. The molecule has 0 aliphatic heterocycles. The van der Waals surface area contributed by atoms with Gasteiger partial charge in [-0.15, -0.1) is 0 Å². The molecule has 0 amide bonds. The van der Waals surface area contributed by atoms with Crippen LogP contribution in [0.1, 0.15) is 20.3 Å². The van der Waals surface area contributed by atoms with E-state index in [0.717, 1.165) is 0 Å². The second-order valence-electron chi connectivity index (χ2n) is 1.62. The third-order valence-corrected chi connectivity index (χ3v) is 1.20. The Bertz CT molecular complexity index is 105. The summed E-state index contributed by atoms with van der Waals surface area (Å²) in [4.78, 5) is 10.5. The predicted octanol–water partition coefficient (Wildman–Crippen LogP) is 2.13. The minimum absolute atomic E-state index is 0.312. The molecule has 60 valence electrons. The predicted molar refractivity (Wildman–Crippen MR) is 38.0 cm³/mol. The van der Waals surface area contributed by atoms with Gasteiger partial charge in [-0.3, -0.25) is 0 Å². The molecule has 0 aliphatic rings. The zero-order chi connectivity index (χ0) is 7.98. The van der Waals surface area contributed by atoms with Gasteiger partial charge in [-0.05, 0) is 13.3 Å². The Labute approximate surface area is 65.3 Å². The number of halogens is 1. The van der Waals surface area contributed by atoms with E-state index in [1.54, 1.807) is 6.92 Å². The molecule has 10 heavy (non-hydrogen) atoms. The smallest absolute Gasteiger partial charge is 0.435 e. The standard InChI is InChI=1S/C6H11ClO3/c1-3-5(7)10-6(8)9-4-2/h5H,3-4H2,1-2H3. The van der Waals surface area contributed by atoms with Crippen molar-refractivity contribution in [2.45, 2.75) is 25.8 Å². The minimum atomic E-state index is -0.704. The van der Waals surface area contributed by atoms with Crippen molar-refractivity contribution in [3.8, 4) is 0 Å². The molecule has 0 rings (SSSR count). The van der Waals surface area contributed by atoms with Crippen LogP contribution in [0, 0.1) is 0 Å². The van der Waals surface area contributed by atoms with Gasteiger partial charge in [0, 0.05) is 0 Å². The van der Waals surface area contributed by atoms with Crippen molar-refractivity contribution in [1.29, 1.82) is 0 Å². The fourth-order valence-electron chi connectivity index (χ4n) is 0.340. The van der Waals surface area contributed by atoms with Gasteiger partial charge in [-0.25, -0.2) is 4.79 Å². The first-order valence-corrected chi connectivity index (χ1v) is 3.61. The number of rotatable bonds is 3. The molecule has 0 N–H and O–H groups in total. The molecule has 0 aromatic carbocycles. The Morgan fingerprint density at radius 3 is 2.60 bits per heavy atom. The van der Waals surface area contributed by atoms with E-state index in [9.17, 15) is 4.79 Å². The maximum Gasteiger partial charge on any atom is 0.509 e. The van der Waals surface area contributed by atoms with Crippen molar-refractivity contribution in [2.75, 3.05) is 6.61 Å². The molecule has 0 fully saturated rings. The van der Waals surface area contributed by atoms with Crippen LogP contribution in [-0.4, -0.2) is 18.3 Å². The molecule has 1 unspecified atom stereocenters. The first-order valence-electron chi connectivity index (χ1n) is 3.18. The fraction of sp³-hybridized carbons (Fsp3) is 0.833. The van der Waals surface area contributed by atoms with Gasteiger partial charge in [0.15, 0.2) is 5.56 Å². The molecule has 0 heterocycles. The van der Waals surface area contributed by atoms with Gasteiger partial charge in [0.1, 0.15) is 0 Å². The van der Waals surface area contributed by atoms with Gasteiger partial charge in [0.25, 0.3) is 0 Å². The van der Waals surface area contributed by atoms with Crippen LogP contribution in [0.15, 0.2) is 0 Å². The Kier molecular flexibility index (Phi) is 5.12. The number of carbonyl (C=O) groups is 1. The summed E-state index contributed by atoms with van der Waals surface area (Å²) in [5.74, 6) is 0. The van der Waals surface area contributed by atoms with E-state index in [-0.39, 0.29) is 0 Å². The van der Waals surface area contributed by atoms with Crippen LogP contribution in [-0.2, 0) is 9.47 Å². The Morgan fingerprint density at radius 2 is 2.20 bits per heavy atom. The number of carbonyl (C=O) groups excluding carboxylic acids is 1. The Morgan fingerprint density at radius 1 is 1.60 bits per heavy atom. The highest BCUT2D eigenvalue weighted by Crippen LogP contribution is 2.03. The van der Waals surface area contributed by atoms with Gasteiger partial charge in [0.2, 0.25) is 0 Å². The molecule has 0 radical (unpaired) electrons. The first kappa shape index (κ1) is 9.56. The quantitative estimate of drug-likeness (QED) is 0.476. The summed E-state index contributed by atoms with van der Waals surface area (Å²) in [7, 11) is 0. The molecule has 0 aromatic heterocycles. The van der Waals surface area contributed by atoms with Crippen molar-refractivity contribution >= 4 is 17.8 Å². The van der Waals surface area contributed by atoms with Crippen molar-refractivity contribution in [2.24, 2.45) is 0 Å². The highest BCUT2D eigenvalue weighted by molar-refractivity contribution is 6.20. The molecule has 4 heteroatoms. The van der Waals surface area contributed by atoms with Crippen molar-refractivity contribution in [1.82, 2.24) is 0 Å². The summed E-state index contributed by atoms with van der Waals surface area (Å²) in [6.45, 7) is 3.83. The topological polar surface area (TPSA) is 35.5 Å². The van der Waals surface area contributed by atoms with E-state index in [0.29, 0.717) is 13.0 Å². The van der Waals surface area contributed by atoms with E-state index in [2.05, 4.69) is 9.47 Å². The van der Waals surface area contributed by atoms with E-state index >= 15 is 0 Å². The molecule has 3 nitrogen and oxygen atoms in total. The van der Waals surface area contributed by atoms with Gasteiger partial charge in [-0.2, -0.15) is 0 Å². The molecule has 0 saturated heterocycles. The summed E-state index contributed by atoms with van der Waals surface area (Å²) < 4.78 is 9.01. The monoisotopic (exact) mass is 166 g/mol. The average Bonchev–Trinajstić information content (AvgIpc) is 1.88. The highest BCUT2D eigenvalue weighted by atomic mass is 35.5. The van der Waals surface area contributed by atoms with Crippen molar-refractivity contribution < 1.29 is 14.3 Å². The largest absolute Gasteiger partial charge is 0.509 e. The van der Waals surface area contributed by atoms with E-state index < -0.39 is 11.7 Å². The van der Waals surface area contributed by atoms with Crippen LogP contribution >= 0.6 is 11.6 Å². The van der Waals surface area contributed by atoms with Gasteiger partial charge in [0.05, 0.1) is 6.61 Å². The molecule has 0 saturated carbocycles. The van der Waals surface area contributed by atoms with E-state index in [4.69, 9.17) is 11.6 Å². The van der Waals surface area contributed by atoms with Gasteiger partial charge >= 0.3 is 6.16 Å². The normalized spacial score (nSPS) is 12.3. The maximum atomic E-state index is 10.5. The summed E-state index contributed by atoms with van der Waals surface area (Å²) in [5.41, 5.74) is -0.570. The summed E-state index contributed by atoms with van der Waals surface area (Å²) in [6, 6.07) is 0. The molecule has 0 bridgehead atoms.